The Morgan fingerprint density at radius 2 is 0.957 bits per heavy atom. The molecule has 0 bridgehead atoms. The summed E-state index contributed by atoms with van der Waals surface area (Å²) >= 11 is 0. The summed E-state index contributed by atoms with van der Waals surface area (Å²) in [7, 11) is 0. The van der Waals surface area contributed by atoms with E-state index in [1.54, 1.807) is 0 Å². The van der Waals surface area contributed by atoms with Crippen LogP contribution in [0.3, 0.4) is 0 Å². The van der Waals surface area contributed by atoms with Crippen molar-refractivity contribution in [2.75, 3.05) is 0 Å². The normalized spacial score (nSPS) is 13.4. The number of nitrogens with zero attached hydrogens (tertiary/aromatic N) is 4. The van der Waals surface area contributed by atoms with Gasteiger partial charge in [0.15, 0.2) is 11.6 Å². The first-order valence-electron chi connectivity index (χ1n) is 15.6. The molecule has 3 heterocycles. The molecule has 2 aliphatic rings. The summed E-state index contributed by atoms with van der Waals surface area (Å²) in [5.74, 6) is 1.33. The van der Waals surface area contributed by atoms with Crippen molar-refractivity contribution in [1.29, 1.82) is 0 Å². The Morgan fingerprint density at radius 3 is 1.59 bits per heavy atom. The van der Waals surface area contributed by atoms with Gasteiger partial charge in [-0.1, -0.05) is 140 Å². The lowest BCUT2D eigenvalue weighted by Crippen LogP contribution is -2.33. The number of benzene rings is 6. The van der Waals surface area contributed by atoms with Crippen LogP contribution in [0.2, 0.25) is 0 Å². The molecule has 0 saturated carbocycles. The number of hydrogen-bond donors (Lipinski definition) is 0. The van der Waals surface area contributed by atoms with Gasteiger partial charge < -0.3 is 0 Å². The first-order chi connectivity index (χ1) is 22.8. The van der Waals surface area contributed by atoms with E-state index < -0.39 is 5.41 Å². The van der Waals surface area contributed by atoms with Gasteiger partial charge in [0, 0.05) is 11.1 Å². The van der Waals surface area contributed by atoms with E-state index in [1.807, 2.05) is 36.4 Å². The third-order valence-corrected chi connectivity index (χ3v) is 9.65. The second-order valence-electron chi connectivity index (χ2n) is 12.0. The molecule has 6 aromatic carbocycles. The maximum Gasteiger partial charge on any atom is 0.197 e. The third-order valence-electron chi connectivity index (χ3n) is 9.65. The van der Waals surface area contributed by atoms with Crippen molar-refractivity contribution in [2.24, 2.45) is 0 Å². The minimum atomic E-state index is -0.474. The average Bonchev–Trinajstić information content (AvgIpc) is 3.67. The van der Waals surface area contributed by atoms with Crippen LogP contribution in [-0.4, -0.2) is 19.5 Å². The Hall–Kier alpha value is -6.13. The highest BCUT2D eigenvalue weighted by atomic mass is 15.1. The summed E-state index contributed by atoms with van der Waals surface area (Å²) in [6.45, 7) is 0. The highest BCUT2D eigenvalue weighted by Gasteiger charge is 2.50. The predicted octanol–water partition coefficient (Wildman–Crippen LogP) is 9.49. The molecule has 0 atom stereocenters. The Kier molecular flexibility index (Phi) is 5.17. The van der Waals surface area contributed by atoms with Crippen LogP contribution in [0.25, 0.3) is 62.0 Å². The van der Waals surface area contributed by atoms with Crippen molar-refractivity contribution in [2.45, 2.75) is 5.41 Å². The predicted molar refractivity (Wildman–Crippen MR) is 184 cm³/mol. The molecule has 2 aromatic heterocycles. The molecule has 0 fully saturated rings. The van der Waals surface area contributed by atoms with E-state index in [-0.39, 0.29) is 0 Å². The Bertz CT molecular complexity index is 2370. The SMILES string of the molecule is c1ccc(-c2cc(-c3ccccc3)nc(-c3nc4cccc5c4n3-c3ccccc3C53c4ccccc4-c4ccccc43)n2)cc1. The van der Waals surface area contributed by atoms with Crippen LogP contribution in [0.1, 0.15) is 22.3 Å². The van der Waals surface area contributed by atoms with E-state index in [4.69, 9.17) is 15.0 Å². The first kappa shape index (κ1) is 25.2. The highest BCUT2D eigenvalue weighted by molar-refractivity contribution is 5.97. The van der Waals surface area contributed by atoms with E-state index in [0.29, 0.717) is 5.82 Å². The molecule has 4 nitrogen and oxygen atoms in total. The van der Waals surface area contributed by atoms with Crippen LogP contribution in [-0.2, 0) is 5.41 Å². The fourth-order valence-corrected chi connectivity index (χ4v) is 7.82. The molecule has 0 amide bonds. The number of hydrogen-bond acceptors (Lipinski definition) is 3. The zero-order valence-corrected chi connectivity index (χ0v) is 24.8. The molecule has 0 radical (unpaired) electrons. The smallest absolute Gasteiger partial charge is 0.197 e. The van der Waals surface area contributed by atoms with Gasteiger partial charge in [-0.15, -0.1) is 0 Å². The second kappa shape index (κ2) is 9.43. The van der Waals surface area contributed by atoms with Gasteiger partial charge in [0.1, 0.15) is 0 Å². The van der Waals surface area contributed by atoms with Crippen LogP contribution in [0.5, 0.6) is 0 Å². The van der Waals surface area contributed by atoms with Crippen LogP contribution < -0.4 is 0 Å². The number of imidazole rings is 1. The van der Waals surface area contributed by atoms with Crippen molar-refractivity contribution in [3.05, 3.63) is 180 Å². The van der Waals surface area contributed by atoms with E-state index in [2.05, 4.69) is 126 Å². The van der Waals surface area contributed by atoms with Gasteiger partial charge in [0.25, 0.3) is 0 Å². The Morgan fingerprint density at radius 1 is 0.435 bits per heavy atom. The van der Waals surface area contributed by atoms with Gasteiger partial charge in [0.2, 0.25) is 0 Å². The minimum absolute atomic E-state index is 0.474. The number of fused-ring (bicyclic) bond motifs is 9. The molecule has 8 aromatic rings. The summed E-state index contributed by atoms with van der Waals surface area (Å²) in [4.78, 5) is 15.7. The van der Waals surface area contributed by atoms with E-state index in [0.717, 1.165) is 45.1 Å². The molecular weight excluding hydrogens is 560 g/mol. The van der Waals surface area contributed by atoms with Crippen molar-refractivity contribution in [3.63, 3.8) is 0 Å². The summed E-state index contributed by atoms with van der Waals surface area (Å²) in [5, 5.41) is 0. The first-order valence-corrected chi connectivity index (χ1v) is 15.6. The highest BCUT2D eigenvalue weighted by Crippen LogP contribution is 2.60. The van der Waals surface area contributed by atoms with E-state index in [1.165, 1.54) is 33.4 Å². The number of rotatable bonds is 3. The fourth-order valence-electron chi connectivity index (χ4n) is 7.82. The van der Waals surface area contributed by atoms with Gasteiger partial charge in [-0.05, 0) is 51.6 Å². The molecule has 1 aliphatic heterocycles. The second-order valence-corrected chi connectivity index (χ2v) is 12.0. The van der Waals surface area contributed by atoms with Crippen LogP contribution >= 0.6 is 0 Å². The molecule has 0 saturated heterocycles. The molecule has 0 unspecified atom stereocenters. The molecule has 10 rings (SSSR count). The van der Waals surface area contributed by atoms with Crippen LogP contribution in [0.15, 0.2) is 158 Å². The zero-order valence-electron chi connectivity index (χ0n) is 24.8. The molecule has 0 N–H and O–H groups in total. The third kappa shape index (κ3) is 3.30. The van der Waals surface area contributed by atoms with Gasteiger partial charge in [-0.25, -0.2) is 15.0 Å². The standard InChI is InChI=1S/C42H26N4/c1-3-14-27(15-4-1)36-26-37(28-16-5-2-6-17-28)44-40(43-36)41-45-35-24-13-23-34-39(35)46(41)38-25-12-11-22-33(38)42(34)31-20-9-7-18-29(31)30-19-8-10-21-32(30)42/h1-26H. The summed E-state index contributed by atoms with van der Waals surface area (Å²) in [6.07, 6.45) is 0. The zero-order chi connectivity index (χ0) is 30.2. The molecule has 1 spiro atoms. The van der Waals surface area contributed by atoms with Crippen LogP contribution in [0, 0.1) is 0 Å². The topological polar surface area (TPSA) is 43.6 Å². The Labute approximate surface area is 266 Å². The van der Waals surface area contributed by atoms with Gasteiger partial charge in [-0.3, -0.25) is 4.57 Å². The lowest BCUT2D eigenvalue weighted by Gasteiger charge is -2.39. The molecular formula is C42H26N4. The lowest BCUT2D eigenvalue weighted by molar-refractivity contribution is 0.745. The van der Waals surface area contributed by atoms with Gasteiger partial charge >= 0.3 is 0 Å². The van der Waals surface area contributed by atoms with Crippen molar-refractivity contribution in [1.82, 2.24) is 19.5 Å². The van der Waals surface area contributed by atoms with Crippen molar-refractivity contribution >= 4 is 11.0 Å². The maximum absolute atomic E-state index is 5.33. The van der Waals surface area contributed by atoms with Crippen molar-refractivity contribution < 1.29 is 0 Å². The molecule has 4 heteroatoms. The van der Waals surface area contributed by atoms with Crippen molar-refractivity contribution in [3.8, 4) is 51.0 Å². The maximum atomic E-state index is 5.33. The largest absolute Gasteiger partial charge is 0.289 e. The number of aromatic nitrogens is 4. The van der Waals surface area contributed by atoms with E-state index in [9.17, 15) is 0 Å². The molecule has 46 heavy (non-hydrogen) atoms. The summed E-state index contributed by atoms with van der Waals surface area (Å²) in [5.41, 5.74) is 14.1. The van der Waals surface area contributed by atoms with Gasteiger partial charge in [0.05, 0.1) is 33.5 Å². The lowest BCUT2D eigenvalue weighted by atomic mass is 9.65. The van der Waals surface area contributed by atoms with Crippen LogP contribution in [0.4, 0.5) is 0 Å². The molecule has 1 aliphatic carbocycles. The Balaban J connectivity index is 1.32. The summed E-state index contributed by atoms with van der Waals surface area (Å²) < 4.78 is 2.30. The number of para-hydroxylation sites is 2. The average molecular weight is 587 g/mol. The van der Waals surface area contributed by atoms with Gasteiger partial charge in [-0.2, -0.15) is 0 Å². The quantitative estimate of drug-likeness (QED) is 0.207. The molecule has 214 valence electrons. The fraction of sp³-hybridized carbons (Fsp3) is 0.0238. The minimum Gasteiger partial charge on any atom is -0.289 e. The monoisotopic (exact) mass is 586 g/mol. The van der Waals surface area contributed by atoms with E-state index >= 15 is 0 Å². The summed E-state index contributed by atoms with van der Waals surface area (Å²) in [6, 6.07) is 55.8.